The van der Waals surface area contributed by atoms with Crippen molar-refractivity contribution in [3.63, 3.8) is 0 Å². The maximum atomic E-state index is 12.9. The summed E-state index contributed by atoms with van der Waals surface area (Å²) < 4.78 is 5.27. The zero-order chi connectivity index (χ0) is 20.9. The van der Waals surface area contributed by atoms with Crippen LogP contribution in [0.5, 0.6) is 0 Å². The van der Waals surface area contributed by atoms with Gasteiger partial charge in [0.25, 0.3) is 5.91 Å². The van der Waals surface area contributed by atoms with E-state index in [0.717, 1.165) is 16.5 Å². The van der Waals surface area contributed by atoms with Crippen LogP contribution in [-0.2, 0) is 9.53 Å². The van der Waals surface area contributed by atoms with Crippen LogP contribution in [0.15, 0.2) is 54.6 Å². The Morgan fingerprint density at radius 3 is 2.57 bits per heavy atom. The van der Waals surface area contributed by atoms with E-state index in [1.54, 1.807) is 23.1 Å². The van der Waals surface area contributed by atoms with Gasteiger partial charge in [0.15, 0.2) is 0 Å². The van der Waals surface area contributed by atoms with Crippen molar-refractivity contribution in [2.24, 2.45) is 0 Å². The maximum absolute atomic E-state index is 12.9. The first-order valence-corrected chi connectivity index (χ1v) is 10.3. The van der Waals surface area contributed by atoms with Crippen LogP contribution in [0.4, 0.5) is 0 Å². The van der Waals surface area contributed by atoms with E-state index in [1.165, 1.54) is 0 Å². The zero-order valence-corrected chi connectivity index (χ0v) is 17.2. The summed E-state index contributed by atoms with van der Waals surface area (Å²) in [5.74, 6) is -0.196. The van der Waals surface area contributed by atoms with Crippen molar-refractivity contribution in [3.8, 4) is 11.3 Å². The Bertz CT molecular complexity index is 1060. The third kappa shape index (κ3) is 4.61. The molecule has 1 saturated heterocycles. The molecule has 2 aromatic carbocycles. The Morgan fingerprint density at radius 2 is 1.80 bits per heavy atom. The first-order valence-electron chi connectivity index (χ1n) is 9.91. The lowest BCUT2D eigenvalue weighted by atomic mass is 10.0. The fourth-order valence-corrected chi connectivity index (χ4v) is 3.61. The highest BCUT2D eigenvalue weighted by atomic mass is 35.5. The fourth-order valence-electron chi connectivity index (χ4n) is 3.48. The summed E-state index contributed by atoms with van der Waals surface area (Å²) in [6, 6.07) is 16.7. The lowest BCUT2D eigenvalue weighted by Crippen LogP contribution is -2.42. The standard InChI is InChI=1S/C23H22ClN3O3/c24-17-7-5-16(6-8-17)21-15-19(18-3-1-2-4-20(18)26-21)23(29)25-10-9-22(28)27-11-13-30-14-12-27/h1-8,15H,9-14H2,(H,25,29). The quantitative estimate of drug-likeness (QED) is 0.681. The third-order valence-electron chi connectivity index (χ3n) is 5.09. The average molecular weight is 424 g/mol. The summed E-state index contributed by atoms with van der Waals surface area (Å²) in [5, 5.41) is 4.29. The van der Waals surface area contributed by atoms with Gasteiger partial charge in [-0.05, 0) is 24.3 Å². The predicted molar refractivity (Wildman–Crippen MR) is 117 cm³/mol. The Morgan fingerprint density at radius 1 is 1.07 bits per heavy atom. The molecule has 6 nitrogen and oxygen atoms in total. The summed E-state index contributed by atoms with van der Waals surface area (Å²) in [5.41, 5.74) is 2.84. The second-order valence-electron chi connectivity index (χ2n) is 7.08. The molecular weight excluding hydrogens is 402 g/mol. The van der Waals surface area contributed by atoms with Crippen molar-refractivity contribution in [2.75, 3.05) is 32.8 Å². The van der Waals surface area contributed by atoms with Gasteiger partial charge in [0.2, 0.25) is 5.91 Å². The van der Waals surface area contributed by atoms with Crippen molar-refractivity contribution in [3.05, 3.63) is 65.2 Å². The molecule has 3 aromatic rings. The number of hydrogen-bond donors (Lipinski definition) is 1. The number of carbonyl (C=O) groups excluding carboxylic acids is 2. The van der Waals surface area contributed by atoms with Gasteiger partial charge in [-0.25, -0.2) is 4.98 Å². The van der Waals surface area contributed by atoms with E-state index in [0.29, 0.717) is 42.6 Å². The molecule has 30 heavy (non-hydrogen) atoms. The Balaban J connectivity index is 1.52. The number of halogens is 1. The molecule has 0 spiro atoms. The van der Waals surface area contributed by atoms with Crippen molar-refractivity contribution in [1.29, 1.82) is 0 Å². The minimum atomic E-state index is -0.224. The monoisotopic (exact) mass is 423 g/mol. The van der Waals surface area contributed by atoms with Crippen LogP contribution in [0.25, 0.3) is 22.2 Å². The summed E-state index contributed by atoms with van der Waals surface area (Å²) in [6.07, 6.45) is 0.263. The first-order chi connectivity index (χ1) is 14.6. The second-order valence-corrected chi connectivity index (χ2v) is 7.51. The molecule has 0 atom stereocenters. The number of nitrogens with zero attached hydrogens (tertiary/aromatic N) is 2. The number of fused-ring (bicyclic) bond motifs is 1. The van der Waals surface area contributed by atoms with Gasteiger partial charge in [-0.15, -0.1) is 0 Å². The minimum Gasteiger partial charge on any atom is -0.378 e. The summed E-state index contributed by atoms with van der Waals surface area (Å²) in [4.78, 5) is 31.7. The van der Waals surface area contributed by atoms with Gasteiger partial charge in [-0.3, -0.25) is 9.59 Å². The Hall–Kier alpha value is -2.96. The number of benzene rings is 2. The summed E-state index contributed by atoms with van der Waals surface area (Å²) in [7, 11) is 0. The number of rotatable bonds is 5. The first kappa shape index (κ1) is 20.3. The highest BCUT2D eigenvalue weighted by Gasteiger charge is 2.18. The molecule has 1 aromatic heterocycles. The molecule has 1 aliphatic rings. The maximum Gasteiger partial charge on any atom is 0.252 e. The van der Waals surface area contributed by atoms with E-state index in [9.17, 15) is 9.59 Å². The largest absolute Gasteiger partial charge is 0.378 e. The van der Waals surface area contributed by atoms with Gasteiger partial charge in [0.05, 0.1) is 30.0 Å². The lowest BCUT2D eigenvalue weighted by molar-refractivity contribution is -0.135. The number of carbonyl (C=O) groups is 2. The van der Waals surface area contributed by atoms with E-state index in [-0.39, 0.29) is 24.8 Å². The topological polar surface area (TPSA) is 71.5 Å². The predicted octanol–water partition coefficient (Wildman–Crippen LogP) is 3.53. The number of pyridine rings is 1. The van der Waals surface area contributed by atoms with Gasteiger partial charge >= 0.3 is 0 Å². The lowest BCUT2D eigenvalue weighted by Gasteiger charge is -2.26. The van der Waals surface area contributed by atoms with Crippen LogP contribution < -0.4 is 5.32 Å². The molecule has 0 unspecified atom stereocenters. The van der Waals surface area contributed by atoms with Crippen LogP contribution in [0.3, 0.4) is 0 Å². The number of aromatic nitrogens is 1. The van der Waals surface area contributed by atoms with Gasteiger partial charge in [0.1, 0.15) is 0 Å². The molecule has 1 aliphatic heterocycles. The van der Waals surface area contributed by atoms with Crippen molar-refractivity contribution in [1.82, 2.24) is 15.2 Å². The molecule has 1 N–H and O–H groups in total. The number of nitrogens with one attached hydrogen (secondary N) is 1. The number of para-hydroxylation sites is 1. The highest BCUT2D eigenvalue weighted by Crippen LogP contribution is 2.26. The van der Waals surface area contributed by atoms with Crippen LogP contribution in [0, 0.1) is 0 Å². The van der Waals surface area contributed by atoms with Crippen molar-refractivity contribution < 1.29 is 14.3 Å². The van der Waals surface area contributed by atoms with Crippen molar-refractivity contribution >= 4 is 34.3 Å². The summed E-state index contributed by atoms with van der Waals surface area (Å²) in [6.45, 7) is 2.61. The molecule has 1 fully saturated rings. The molecule has 4 rings (SSSR count). The molecule has 2 heterocycles. The molecular formula is C23H22ClN3O3. The molecule has 154 valence electrons. The van der Waals surface area contributed by atoms with Gasteiger partial charge in [-0.2, -0.15) is 0 Å². The van der Waals surface area contributed by atoms with Crippen LogP contribution >= 0.6 is 11.6 Å². The molecule has 2 amide bonds. The Kier molecular flexibility index (Phi) is 6.26. The van der Waals surface area contributed by atoms with Gasteiger partial charge in [-0.1, -0.05) is 41.9 Å². The van der Waals surface area contributed by atoms with Crippen LogP contribution in [0.1, 0.15) is 16.8 Å². The van der Waals surface area contributed by atoms with Crippen LogP contribution in [-0.4, -0.2) is 54.5 Å². The molecule has 0 radical (unpaired) electrons. The molecule has 7 heteroatoms. The summed E-state index contributed by atoms with van der Waals surface area (Å²) >= 11 is 5.99. The van der Waals surface area contributed by atoms with E-state index >= 15 is 0 Å². The molecule has 0 saturated carbocycles. The number of hydrogen-bond acceptors (Lipinski definition) is 4. The molecule has 0 aliphatic carbocycles. The number of ether oxygens (including phenoxy) is 1. The third-order valence-corrected chi connectivity index (χ3v) is 5.34. The second kappa shape index (κ2) is 9.24. The fraction of sp³-hybridized carbons (Fsp3) is 0.261. The van der Waals surface area contributed by atoms with E-state index < -0.39 is 0 Å². The van der Waals surface area contributed by atoms with Gasteiger partial charge in [0, 0.05) is 42.0 Å². The van der Waals surface area contributed by atoms with Gasteiger partial charge < -0.3 is 15.0 Å². The number of amides is 2. The van der Waals surface area contributed by atoms with E-state index in [2.05, 4.69) is 5.32 Å². The van der Waals surface area contributed by atoms with E-state index in [4.69, 9.17) is 21.3 Å². The normalized spacial score (nSPS) is 14.0. The highest BCUT2D eigenvalue weighted by molar-refractivity contribution is 6.30. The average Bonchev–Trinajstić information content (AvgIpc) is 2.79. The number of morpholine rings is 1. The Labute approximate surface area is 179 Å². The van der Waals surface area contributed by atoms with Crippen LogP contribution in [0.2, 0.25) is 5.02 Å². The molecule has 0 bridgehead atoms. The zero-order valence-electron chi connectivity index (χ0n) is 16.4. The minimum absolute atomic E-state index is 0.0278. The van der Waals surface area contributed by atoms with E-state index in [1.807, 2.05) is 36.4 Å². The van der Waals surface area contributed by atoms with Crippen molar-refractivity contribution in [2.45, 2.75) is 6.42 Å². The SMILES string of the molecule is O=C(NCCC(=O)N1CCOCC1)c1cc(-c2ccc(Cl)cc2)nc2ccccc12. The smallest absolute Gasteiger partial charge is 0.252 e.